The molecule has 0 spiro atoms. The topological polar surface area (TPSA) is 214 Å². The SMILES string of the molecule is C/C(=N\N=C(/[O-])c1ccccc1)c1ccc(N)cc1.O.O.O=S(=O)([O-])O.[Ni+2]. The average molecular weight is 444 g/mol. The van der Waals surface area contributed by atoms with Gasteiger partial charge in [0, 0.05) is 11.6 Å². The van der Waals surface area contributed by atoms with E-state index in [4.69, 9.17) is 23.3 Å². The number of nitrogen functional groups attached to an aromatic ring is 1. The first-order valence-electron chi connectivity index (χ1n) is 6.55. The third kappa shape index (κ3) is 13.5. The molecule has 0 saturated carbocycles. The molecule has 27 heavy (non-hydrogen) atoms. The standard InChI is InChI=1S/C15H15N3O.Ni.H2O4S.2H2O/c1-11(12-7-9-14(16)10-8-12)17-18-15(19)13-5-3-2-4-6-13;;1-5(2,3)4;;/h2-10H,16H2,1H3,(H,18,19);;(H2,1,2,3,4);2*1H2/q;+2;;;/p-2/b17-11+;;;;. The van der Waals surface area contributed by atoms with Crippen molar-refractivity contribution in [2.45, 2.75) is 6.92 Å². The predicted octanol–water partition coefficient (Wildman–Crippen LogP) is -0.847. The Balaban J connectivity index is -0.000000644. The molecule has 12 heteroatoms. The Morgan fingerprint density at radius 2 is 1.41 bits per heavy atom. The van der Waals surface area contributed by atoms with Gasteiger partial charge in [-0.1, -0.05) is 42.5 Å². The van der Waals surface area contributed by atoms with Crippen LogP contribution in [0.15, 0.2) is 64.8 Å². The molecule has 0 amide bonds. The Hall–Kier alpha value is -2.34. The smallest absolute Gasteiger partial charge is 0.857 e. The number of anilines is 1. The van der Waals surface area contributed by atoms with Crippen LogP contribution in [0.25, 0.3) is 0 Å². The van der Waals surface area contributed by atoms with Gasteiger partial charge in [0.2, 0.25) is 10.4 Å². The Morgan fingerprint density at radius 3 is 1.85 bits per heavy atom. The van der Waals surface area contributed by atoms with E-state index in [1.807, 2.05) is 18.2 Å². The molecule has 0 aliphatic rings. The van der Waals surface area contributed by atoms with Crippen molar-refractivity contribution in [2.75, 3.05) is 5.73 Å². The maximum Gasteiger partial charge on any atom is 2.00 e. The Bertz CT molecular complexity index is 818. The zero-order valence-electron chi connectivity index (χ0n) is 14.0. The first-order valence-corrected chi connectivity index (χ1v) is 7.92. The fourth-order valence-electron chi connectivity index (χ4n) is 1.54. The van der Waals surface area contributed by atoms with Gasteiger partial charge in [-0.25, -0.2) is 8.42 Å². The molecule has 0 bridgehead atoms. The van der Waals surface area contributed by atoms with Crippen molar-refractivity contribution in [3.05, 3.63) is 65.7 Å². The molecule has 0 aliphatic heterocycles. The van der Waals surface area contributed by atoms with Gasteiger partial charge in [-0.3, -0.25) is 4.55 Å². The fraction of sp³-hybridized carbons (Fsp3) is 0.0667. The molecule has 2 aromatic rings. The zero-order chi connectivity index (χ0) is 18.2. The van der Waals surface area contributed by atoms with Crippen molar-refractivity contribution >= 4 is 27.7 Å². The molecule has 0 heterocycles. The summed E-state index contributed by atoms with van der Waals surface area (Å²) < 4.78 is 32.8. The van der Waals surface area contributed by atoms with Gasteiger partial charge in [0.25, 0.3) is 0 Å². The van der Waals surface area contributed by atoms with E-state index in [1.54, 1.807) is 43.3 Å². The monoisotopic (exact) mass is 443 g/mol. The molecule has 0 unspecified atom stereocenters. The number of rotatable bonds is 3. The molecule has 0 saturated heterocycles. The molecule has 0 aliphatic carbocycles. The summed E-state index contributed by atoms with van der Waals surface area (Å²) in [6.07, 6.45) is 0. The second kappa shape index (κ2) is 13.8. The quantitative estimate of drug-likeness (QED) is 0.117. The molecule has 0 fully saturated rings. The zero-order valence-corrected chi connectivity index (χ0v) is 15.8. The molecular weight excluding hydrogens is 425 g/mol. The fourth-order valence-corrected chi connectivity index (χ4v) is 1.54. The Morgan fingerprint density at radius 1 is 0.963 bits per heavy atom. The third-order valence-electron chi connectivity index (χ3n) is 2.64. The normalized spacial score (nSPS) is 10.9. The van der Waals surface area contributed by atoms with Crippen molar-refractivity contribution < 1.29 is 50.1 Å². The second-order valence-electron chi connectivity index (χ2n) is 4.51. The van der Waals surface area contributed by atoms with Gasteiger partial charge in [0.05, 0.1) is 5.71 Å². The van der Waals surface area contributed by atoms with Crippen molar-refractivity contribution in [1.29, 1.82) is 0 Å². The number of benzene rings is 2. The van der Waals surface area contributed by atoms with Crippen LogP contribution in [0.3, 0.4) is 0 Å². The van der Waals surface area contributed by atoms with Crippen LogP contribution < -0.4 is 10.8 Å². The summed E-state index contributed by atoms with van der Waals surface area (Å²) in [5.41, 5.74) is 8.38. The van der Waals surface area contributed by atoms with Gasteiger partial charge in [0.15, 0.2) is 0 Å². The summed E-state index contributed by atoms with van der Waals surface area (Å²) in [6, 6.07) is 16.1. The van der Waals surface area contributed by atoms with E-state index in [0.29, 0.717) is 17.0 Å². The van der Waals surface area contributed by atoms with Crippen LogP contribution in [0.2, 0.25) is 0 Å². The first-order chi connectivity index (χ1) is 11.2. The van der Waals surface area contributed by atoms with Crippen LogP contribution in [0.4, 0.5) is 5.69 Å². The first kappa shape index (κ1) is 29.4. The molecule has 10 nitrogen and oxygen atoms in total. The number of hydrogen-bond acceptors (Lipinski definition) is 7. The molecular formula is C15H19N3NiO7S. The molecule has 152 valence electrons. The number of nitrogens with two attached hydrogens (primary N) is 1. The van der Waals surface area contributed by atoms with Gasteiger partial charge in [0.1, 0.15) is 0 Å². The van der Waals surface area contributed by atoms with Crippen LogP contribution in [-0.4, -0.2) is 40.1 Å². The van der Waals surface area contributed by atoms with E-state index < -0.39 is 10.4 Å². The molecule has 7 N–H and O–H groups in total. The average Bonchev–Trinajstić information content (AvgIpc) is 2.52. The summed E-state index contributed by atoms with van der Waals surface area (Å²) in [7, 11) is -4.92. The third-order valence-corrected chi connectivity index (χ3v) is 2.64. The van der Waals surface area contributed by atoms with Gasteiger partial charge < -0.3 is 26.3 Å². The van der Waals surface area contributed by atoms with Crippen molar-refractivity contribution in [1.82, 2.24) is 0 Å². The van der Waals surface area contributed by atoms with Crippen LogP contribution >= 0.6 is 0 Å². The maximum absolute atomic E-state index is 11.7. The van der Waals surface area contributed by atoms with Crippen molar-refractivity contribution in [3.8, 4) is 0 Å². The van der Waals surface area contributed by atoms with E-state index in [2.05, 4.69) is 10.2 Å². The van der Waals surface area contributed by atoms with Crippen LogP contribution in [0, 0.1) is 0 Å². The van der Waals surface area contributed by atoms with Crippen LogP contribution in [0.5, 0.6) is 0 Å². The minimum atomic E-state index is -4.92. The van der Waals surface area contributed by atoms with E-state index >= 15 is 0 Å². The van der Waals surface area contributed by atoms with Crippen molar-refractivity contribution in [3.63, 3.8) is 0 Å². The van der Waals surface area contributed by atoms with Gasteiger partial charge in [-0.15, -0.1) is 0 Å². The van der Waals surface area contributed by atoms with E-state index in [-0.39, 0.29) is 33.3 Å². The summed E-state index contributed by atoms with van der Waals surface area (Å²) in [4.78, 5) is 0. The molecule has 2 aromatic carbocycles. The summed E-state index contributed by atoms with van der Waals surface area (Å²) in [5.74, 6) is -0.351. The number of hydrogen-bond donors (Lipinski definition) is 2. The molecule has 0 aromatic heterocycles. The van der Waals surface area contributed by atoms with E-state index in [0.717, 1.165) is 5.56 Å². The minimum Gasteiger partial charge on any atom is -0.857 e. The Labute approximate surface area is 166 Å². The van der Waals surface area contributed by atoms with E-state index in [9.17, 15) is 5.11 Å². The minimum absolute atomic E-state index is 0. The molecule has 2 rings (SSSR count). The number of nitrogens with zero attached hydrogens (tertiary/aromatic N) is 2. The van der Waals surface area contributed by atoms with Crippen LogP contribution in [0.1, 0.15) is 18.1 Å². The summed E-state index contributed by atoms with van der Waals surface area (Å²) >= 11 is 0. The largest absolute Gasteiger partial charge is 2.00 e. The van der Waals surface area contributed by atoms with Gasteiger partial charge in [-0.05, 0) is 30.2 Å². The predicted molar refractivity (Wildman–Crippen MR) is 95.6 cm³/mol. The van der Waals surface area contributed by atoms with Gasteiger partial charge in [-0.2, -0.15) is 10.2 Å². The van der Waals surface area contributed by atoms with Crippen molar-refractivity contribution in [2.24, 2.45) is 10.2 Å². The molecule has 0 radical (unpaired) electrons. The Kier molecular flexibility index (Phi) is 15.1. The van der Waals surface area contributed by atoms with E-state index in [1.165, 1.54) is 0 Å². The van der Waals surface area contributed by atoms with Crippen LogP contribution in [-0.2, 0) is 26.9 Å². The summed E-state index contributed by atoms with van der Waals surface area (Å²) in [6.45, 7) is 1.80. The second-order valence-corrected chi connectivity index (χ2v) is 5.36. The maximum atomic E-state index is 11.7. The summed E-state index contributed by atoms with van der Waals surface area (Å²) in [5, 5.41) is 19.4. The van der Waals surface area contributed by atoms with Gasteiger partial charge >= 0.3 is 16.5 Å². The molecule has 0 atom stereocenters.